The number of rotatable bonds is 5. The number of carbonyl (C=O) groups is 2. The molecule has 1 aromatic heterocycles. The molecule has 128 valence electrons. The average molecular weight is 333 g/mol. The minimum absolute atomic E-state index is 0.00408. The van der Waals surface area contributed by atoms with Gasteiger partial charge in [-0.1, -0.05) is 0 Å². The van der Waals surface area contributed by atoms with Crippen molar-refractivity contribution in [3.8, 4) is 0 Å². The van der Waals surface area contributed by atoms with Crippen LogP contribution in [-0.2, 0) is 20.9 Å². The number of non-ortho nitro benzene ring substituents is 1. The topological polar surface area (TPSA) is 103 Å². The van der Waals surface area contributed by atoms with E-state index in [2.05, 4.69) is 5.32 Å². The zero-order valence-corrected chi connectivity index (χ0v) is 13.7. The third-order valence-corrected chi connectivity index (χ3v) is 3.13. The van der Waals surface area contributed by atoms with Gasteiger partial charge in [0, 0.05) is 29.2 Å². The highest BCUT2D eigenvalue weighted by Crippen LogP contribution is 2.21. The quantitative estimate of drug-likeness (QED) is 0.512. The minimum Gasteiger partial charge on any atom is -0.459 e. The summed E-state index contributed by atoms with van der Waals surface area (Å²) in [5.74, 6) is -0.861. The standard InChI is InChI=1S/C16H19N3O5/c1-16(2,3)24-15(21)9-17-14(20)10-18-7-6-11-8-12(19(22)23)4-5-13(11)18/h4-8H,9-10H2,1-3H3,(H,17,20). The maximum Gasteiger partial charge on any atom is 0.325 e. The Hall–Kier alpha value is -2.90. The summed E-state index contributed by atoms with van der Waals surface area (Å²) in [5.41, 5.74) is 0.0929. The van der Waals surface area contributed by atoms with Crippen LogP contribution < -0.4 is 5.32 Å². The molecule has 0 aliphatic carbocycles. The van der Waals surface area contributed by atoms with Gasteiger partial charge in [0.1, 0.15) is 18.7 Å². The lowest BCUT2D eigenvalue weighted by molar-refractivity contribution is -0.384. The molecular weight excluding hydrogens is 314 g/mol. The molecule has 0 saturated carbocycles. The summed E-state index contributed by atoms with van der Waals surface area (Å²) >= 11 is 0. The van der Waals surface area contributed by atoms with Crippen LogP contribution in [0.15, 0.2) is 30.5 Å². The van der Waals surface area contributed by atoms with Crippen molar-refractivity contribution >= 4 is 28.5 Å². The molecule has 1 N–H and O–H groups in total. The lowest BCUT2D eigenvalue weighted by Crippen LogP contribution is -2.36. The number of fused-ring (bicyclic) bond motifs is 1. The first kappa shape index (κ1) is 17.5. The van der Waals surface area contributed by atoms with Crippen LogP contribution >= 0.6 is 0 Å². The smallest absolute Gasteiger partial charge is 0.325 e. The molecular formula is C16H19N3O5. The first-order valence-corrected chi connectivity index (χ1v) is 7.37. The molecule has 0 fully saturated rings. The summed E-state index contributed by atoms with van der Waals surface area (Å²) in [7, 11) is 0. The van der Waals surface area contributed by atoms with E-state index < -0.39 is 16.5 Å². The predicted octanol–water partition coefficient (Wildman–Crippen LogP) is 2.01. The number of nitro benzene ring substituents is 1. The van der Waals surface area contributed by atoms with Crippen LogP contribution in [0.5, 0.6) is 0 Å². The largest absolute Gasteiger partial charge is 0.459 e. The number of nitrogens with one attached hydrogen (secondary N) is 1. The zero-order chi connectivity index (χ0) is 17.9. The molecule has 2 aromatic rings. The van der Waals surface area contributed by atoms with Gasteiger partial charge in [-0.3, -0.25) is 19.7 Å². The molecule has 1 aromatic carbocycles. The van der Waals surface area contributed by atoms with E-state index in [0.717, 1.165) is 0 Å². The monoisotopic (exact) mass is 333 g/mol. The number of benzene rings is 1. The summed E-state index contributed by atoms with van der Waals surface area (Å²) in [6, 6.07) is 6.12. The second-order valence-corrected chi connectivity index (χ2v) is 6.31. The summed E-state index contributed by atoms with van der Waals surface area (Å²) in [6.45, 7) is 5.04. The van der Waals surface area contributed by atoms with Gasteiger partial charge >= 0.3 is 5.97 Å². The molecule has 0 spiro atoms. The summed E-state index contributed by atoms with van der Waals surface area (Å²) in [6.07, 6.45) is 1.67. The Balaban J connectivity index is 1.98. The highest BCUT2D eigenvalue weighted by molar-refractivity contribution is 5.86. The second-order valence-electron chi connectivity index (χ2n) is 6.31. The summed E-state index contributed by atoms with van der Waals surface area (Å²) in [5, 5.41) is 13.9. The van der Waals surface area contributed by atoms with E-state index in [0.29, 0.717) is 10.9 Å². The van der Waals surface area contributed by atoms with Crippen molar-refractivity contribution in [2.75, 3.05) is 6.54 Å². The number of aromatic nitrogens is 1. The fourth-order valence-corrected chi connectivity index (χ4v) is 2.20. The van der Waals surface area contributed by atoms with E-state index in [1.807, 2.05) is 0 Å². The third kappa shape index (κ3) is 4.55. The van der Waals surface area contributed by atoms with Crippen LogP contribution in [0.1, 0.15) is 20.8 Å². The fourth-order valence-electron chi connectivity index (χ4n) is 2.20. The molecule has 1 heterocycles. The molecule has 0 atom stereocenters. The molecule has 2 rings (SSSR count). The van der Waals surface area contributed by atoms with E-state index in [-0.39, 0.29) is 24.7 Å². The summed E-state index contributed by atoms with van der Waals surface area (Å²) < 4.78 is 6.76. The van der Waals surface area contributed by atoms with Gasteiger partial charge in [0.25, 0.3) is 5.69 Å². The van der Waals surface area contributed by atoms with Crippen LogP contribution in [0.4, 0.5) is 5.69 Å². The van der Waals surface area contributed by atoms with Crippen LogP contribution in [0, 0.1) is 10.1 Å². The number of nitro groups is 1. The van der Waals surface area contributed by atoms with Gasteiger partial charge in [-0.2, -0.15) is 0 Å². The van der Waals surface area contributed by atoms with Crippen LogP contribution in [0.3, 0.4) is 0 Å². The maximum absolute atomic E-state index is 12.0. The molecule has 8 heteroatoms. The van der Waals surface area contributed by atoms with Crippen molar-refractivity contribution in [3.05, 3.63) is 40.6 Å². The SMILES string of the molecule is CC(C)(C)OC(=O)CNC(=O)Cn1ccc2cc([N+](=O)[O-])ccc21. The number of amides is 1. The predicted molar refractivity (Wildman–Crippen MR) is 87.4 cm³/mol. The van der Waals surface area contributed by atoms with Crippen molar-refractivity contribution in [1.82, 2.24) is 9.88 Å². The number of hydrogen-bond acceptors (Lipinski definition) is 5. The van der Waals surface area contributed by atoms with Gasteiger partial charge in [0.15, 0.2) is 0 Å². The van der Waals surface area contributed by atoms with Crippen LogP contribution in [-0.4, -0.2) is 33.5 Å². The molecule has 8 nitrogen and oxygen atoms in total. The molecule has 0 radical (unpaired) electrons. The van der Waals surface area contributed by atoms with Crippen molar-refractivity contribution in [2.24, 2.45) is 0 Å². The van der Waals surface area contributed by atoms with E-state index in [9.17, 15) is 19.7 Å². The number of hydrogen-bond donors (Lipinski definition) is 1. The van der Waals surface area contributed by atoms with Crippen molar-refractivity contribution in [2.45, 2.75) is 32.9 Å². The molecule has 0 saturated heterocycles. The lowest BCUT2D eigenvalue weighted by Gasteiger charge is -2.19. The zero-order valence-electron chi connectivity index (χ0n) is 13.7. The normalized spacial score (nSPS) is 11.3. The maximum atomic E-state index is 12.0. The van der Waals surface area contributed by atoms with Crippen LogP contribution in [0.2, 0.25) is 0 Å². The van der Waals surface area contributed by atoms with Crippen molar-refractivity contribution in [3.63, 3.8) is 0 Å². The van der Waals surface area contributed by atoms with E-state index in [1.165, 1.54) is 12.1 Å². The van der Waals surface area contributed by atoms with E-state index >= 15 is 0 Å². The second kappa shape index (κ2) is 6.69. The minimum atomic E-state index is -0.604. The van der Waals surface area contributed by atoms with Gasteiger partial charge in [-0.25, -0.2) is 0 Å². The molecule has 0 unspecified atom stereocenters. The molecule has 24 heavy (non-hydrogen) atoms. The van der Waals surface area contributed by atoms with Crippen molar-refractivity contribution in [1.29, 1.82) is 0 Å². The average Bonchev–Trinajstić information content (AvgIpc) is 2.85. The van der Waals surface area contributed by atoms with Gasteiger partial charge in [-0.15, -0.1) is 0 Å². The third-order valence-electron chi connectivity index (χ3n) is 3.13. The fraction of sp³-hybridized carbons (Fsp3) is 0.375. The molecule has 0 aliphatic rings. The molecule has 1 amide bonds. The Kier molecular flexibility index (Phi) is 4.87. The Morgan fingerprint density at radius 2 is 2.00 bits per heavy atom. The Labute approximate surface area is 138 Å². The molecule has 0 bridgehead atoms. The van der Waals surface area contributed by atoms with Gasteiger partial charge in [-0.05, 0) is 32.9 Å². The van der Waals surface area contributed by atoms with Gasteiger partial charge < -0.3 is 14.6 Å². The number of esters is 1. The number of nitrogens with zero attached hydrogens (tertiary/aromatic N) is 2. The Morgan fingerprint density at radius 3 is 2.62 bits per heavy atom. The summed E-state index contributed by atoms with van der Waals surface area (Å²) in [4.78, 5) is 33.8. The highest BCUT2D eigenvalue weighted by atomic mass is 16.6. The lowest BCUT2D eigenvalue weighted by atomic mass is 10.2. The number of ether oxygens (including phenoxy) is 1. The van der Waals surface area contributed by atoms with Crippen molar-refractivity contribution < 1.29 is 19.2 Å². The first-order chi connectivity index (χ1) is 11.2. The molecule has 0 aliphatic heterocycles. The van der Waals surface area contributed by atoms with E-state index in [1.54, 1.807) is 43.7 Å². The Bertz CT molecular complexity index is 789. The van der Waals surface area contributed by atoms with Crippen LogP contribution in [0.25, 0.3) is 10.9 Å². The highest BCUT2D eigenvalue weighted by Gasteiger charge is 2.17. The first-order valence-electron chi connectivity index (χ1n) is 7.37. The number of carbonyl (C=O) groups excluding carboxylic acids is 2. The van der Waals surface area contributed by atoms with Gasteiger partial charge in [0.05, 0.1) is 4.92 Å². The van der Waals surface area contributed by atoms with Gasteiger partial charge in [0.2, 0.25) is 5.91 Å². The Morgan fingerprint density at radius 1 is 1.29 bits per heavy atom. The van der Waals surface area contributed by atoms with E-state index in [4.69, 9.17) is 4.74 Å².